The first kappa shape index (κ1) is 20.0. The van der Waals surface area contributed by atoms with E-state index >= 15 is 0 Å². The highest BCUT2D eigenvalue weighted by molar-refractivity contribution is 7.89. The Kier molecular flexibility index (Phi) is 6.29. The fourth-order valence-electron chi connectivity index (χ4n) is 3.34. The number of hydrogen-bond donors (Lipinski definition) is 0. The SMILES string of the molecule is CCCCc1noc(CN2CCN(S(=O)(=O)c3ccc(C)cc3C)CC2)n1. The van der Waals surface area contributed by atoms with Gasteiger partial charge in [0, 0.05) is 32.6 Å². The molecule has 0 N–H and O–H groups in total. The van der Waals surface area contributed by atoms with Gasteiger partial charge in [-0.2, -0.15) is 9.29 Å². The lowest BCUT2D eigenvalue weighted by Crippen LogP contribution is -2.48. The Morgan fingerprint density at radius 1 is 1.15 bits per heavy atom. The third kappa shape index (κ3) is 4.75. The van der Waals surface area contributed by atoms with Crippen LogP contribution in [0.5, 0.6) is 0 Å². The summed E-state index contributed by atoms with van der Waals surface area (Å²) in [6.45, 7) is 8.74. The van der Waals surface area contributed by atoms with Gasteiger partial charge in [-0.3, -0.25) is 4.90 Å². The van der Waals surface area contributed by atoms with Crippen LogP contribution < -0.4 is 0 Å². The van der Waals surface area contributed by atoms with Gasteiger partial charge in [0.2, 0.25) is 15.9 Å². The fraction of sp³-hybridized carbons (Fsp3) is 0.579. The predicted molar refractivity (Wildman–Crippen MR) is 103 cm³/mol. The maximum Gasteiger partial charge on any atom is 0.243 e. The van der Waals surface area contributed by atoms with E-state index in [4.69, 9.17) is 4.52 Å². The van der Waals surface area contributed by atoms with Crippen LogP contribution in [0.15, 0.2) is 27.6 Å². The van der Waals surface area contributed by atoms with Crippen molar-refractivity contribution >= 4 is 10.0 Å². The molecule has 1 aromatic heterocycles. The number of aromatic nitrogens is 2. The van der Waals surface area contributed by atoms with Crippen LogP contribution in [0.25, 0.3) is 0 Å². The number of sulfonamides is 1. The molecule has 0 spiro atoms. The number of piperazine rings is 1. The Morgan fingerprint density at radius 2 is 1.89 bits per heavy atom. The Balaban J connectivity index is 1.59. The highest BCUT2D eigenvalue weighted by Gasteiger charge is 2.30. The van der Waals surface area contributed by atoms with E-state index in [1.807, 2.05) is 26.0 Å². The normalized spacial score (nSPS) is 16.7. The summed E-state index contributed by atoms with van der Waals surface area (Å²) in [5.74, 6) is 1.36. The van der Waals surface area contributed by atoms with Gasteiger partial charge in [-0.05, 0) is 31.9 Å². The number of aryl methyl sites for hydroxylation is 3. The molecule has 0 aliphatic carbocycles. The van der Waals surface area contributed by atoms with E-state index in [1.54, 1.807) is 10.4 Å². The molecule has 3 rings (SSSR count). The molecule has 148 valence electrons. The third-order valence-corrected chi connectivity index (χ3v) is 6.96. The molecule has 1 aliphatic heterocycles. The maximum absolute atomic E-state index is 13.0. The summed E-state index contributed by atoms with van der Waals surface area (Å²) in [6, 6.07) is 5.47. The molecule has 1 aliphatic rings. The van der Waals surface area contributed by atoms with Crippen LogP contribution in [-0.2, 0) is 23.0 Å². The summed E-state index contributed by atoms with van der Waals surface area (Å²) in [6.07, 6.45) is 2.98. The van der Waals surface area contributed by atoms with E-state index < -0.39 is 10.0 Å². The largest absolute Gasteiger partial charge is 0.338 e. The second kappa shape index (κ2) is 8.50. The van der Waals surface area contributed by atoms with Crippen molar-refractivity contribution in [2.75, 3.05) is 26.2 Å². The zero-order valence-electron chi connectivity index (χ0n) is 16.3. The van der Waals surface area contributed by atoms with Gasteiger partial charge in [0.15, 0.2) is 5.82 Å². The molecular weight excluding hydrogens is 364 g/mol. The Morgan fingerprint density at radius 3 is 2.56 bits per heavy atom. The molecule has 1 aromatic carbocycles. The van der Waals surface area contributed by atoms with E-state index in [0.717, 1.165) is 36.2 Å². The maximum atomic E-state index is 13.0. The lowest BCUT2D eigenvalue weighted by Gasteiger charge is -2.33. The van der Waals surface area contributed by atoms with Crippen LogP contribution in [0.4, 0.5) is 0 Å². The number of unbranched alkanes of at least 4 members (excludes halogenated alkanes) is 1. The van der Waals surface area contributed by atoms with Crippen molar-refractivity contribution in [2.45, 2.75) is 51.5 Å². The number of rotatable bonds is 7. The summed E-state index contributed by atoms with van der Waals surface area (Å²) in [5.41, 5.74) is 1.86. The molecule has 0 radical (unpaired) electrons. The van der Waals surface area contributed by atoms with Crippen molar-refractivity contribution in [1.82, 2.24) is 19.3 Å². The van der Waals surface area contributed by atoms with Crippen LogP contribution in [0.3, 0.4) is 0 Å². The van der Waals surface area contributed by atoms with Crippen LogP contribution in [0.2, 0.25) is 0 Å². The molecule has 27 heavy (non-hydrogen) atoms. The fourth-order valence-corrected chi connectivity index (χ4v) is 4.97. The standard InChI is InChI=1S/C19H28N4O3S/c1-4-5-6-18-20-19(26-21-18)14-22-9-11-23(12-10-22)27(24,25)17-8-7-15(2)13-16(17)3/h7-8,13H,4-6,9-12,14H2,1-3H3. The third-order valence-electron chi connectivity index (χ3n) is 4.90. The zero-order valence-corrected chi connectivity index (χ0v) is 17.1. The highest BCUT2D eigenvalue weighted by atomic mass is 32.2. The van der Waals surface area contributed by atoms with Crippen LogP contribution in [0, 0.1) is 13.8 Å². The van der Waals surface area contributed by atoms with Crippen molar-refractivity contribution in [2.24, 2.45) is 0 Å². The van der Waals surface area contributed by atoms with Gasteiger partial charge in [-0.1, -0.05) is 36.2 Å². The van der Waals surface area contributed by atoms with Crippen molar-refractivity contribution in [3.8, 4) is 0 Å². The Hall–Kier alpha value is -1.77. The zero-order chi connectivity index (χ0) is 19.4. The second-order valence-electron chi connectivity index (χ2n) is 7.16. The minimum atomic E-state index is -3.46. The molecule has 0 amide bonds. The molecule has 2 aromatic rings. The van der Waals surface area contributed by atoms with Gasteiger partial charge >= 0.3 is 0 Å². The van der Waals surface area contributed by atoms with Gasteiger partial charge in [-0.15, -0.1) is 0 Å². The molecule has 7 nitrogen and oxygen atoms in total. The number of benzene rings is 1. The van der Waals surface area contributed by atoms with Crippen molar-refractivity contribution in [3.63, 3.8) is 0 Å². The second-order valence-corrected chi connectivity index (χ2v) is 9.06. The monoisotopic (exact) mass is 392 g/mol. The summed E-state index contributed by atoms with van der Waals surface area (Å²) in [4.78, 5) is 6.99. The quantitative estimate of drug-likeness (QED) is 0.720. The Labute approximate surface area is 161 Å². The predicted octanol–water partition coefficient (Wildman–Crippen LogP) is 2.54. The van der Waals surface area contributed by atoms with Crippen LogP contribution >= 0.6 is 0 Å². The number of nitrogens with zero attached hydrogens (tertiary/aromatic N) is 4. The van der Waals surface area contributed by atoms with E-state index in [0.29, 0.717) is 43.5 Å². The minimum absolute atomic E-state index is 0.402. The molecule has 0 unspecified atom stereocenters. The average Bonchev–Trinajstić information content (AvgIpc) is 3.07. The first-order valence-corrected chi connectivity index (χ1v) is 11.0. The summed E-state index contributed by atoms with van der Waals surface area (Å²) in [7, 11) is -3.46. The lowest BCUT2D eigenvalue weighted by atomic mass is 10.2. The van der Waals surface area contributed by atoms with Crippen LogP contribution in [-0.4, -0.2) is 53.9 Å². The van der Waals surface area contributed by atoms with Crippen molar-refractivity contribution < 1.29 is 12.9 Å². The number of hydrogen-bond acceptors (Lipinski definition) is 6. The highest BCUT2D eigenvalue weighted by Crippen LogP contribution is 2.22. The summed E-state index contributed by atoms with van der Waals surface area (Å²) < 4.78 is 32.8. The van der Waals surface area contributed by atoms with E-state index in [-0.39, 0.29) is 0 Å². The van der Waals surface area contributed by atoms with Gasteiger partial charge in [0.05, 0.1) is 11.4 Å². The summed E-state index contributed by atoms with van der Waals surface area (Å²) in [5, 5.41) is 4.01. The molecule has 2 heterocycles. The van der Waals surface area contributed by atoms with E-state index in [2.05, 4.69) is 22.0 Å². The average molecular weight is 393 g/mol. The topological polar surface area (TPSA) is 79.5 Å². The minimum Gasteiger partial charge on any atom is -0.338 e. The molecular formula is C19H28N4O3S. The molecule has 0 atom stereocenters. The Bertz CT molecular complexity index is 871. The molecule has 1 saturated heterocycles. The van der Waals surface area contributed by atoms with Crippen LogP contribution in [0.1, 0.15) is 42.6 Å². The summed E-state index contributed by atoms with van der Waals surface area (Å²) >= 11 is 0. The molecule has 1 fully saturated rings. The first-order chi connectivity index (χ1) is 12.9. The smallest absolute Gasteiger partial charge is 0.243 e. The van der Waals surface area contributed by atoms with E-state index in [9.17, 15) is 8.42 Å². The molecule has 0 saturated carbocycles. The van der Waals surface area contributed by atoms with Gasteiger partial charge in [0.25, 0.3) is 0 Å². The van der Waals surface area contributed by atoms with Gasteiger partial charge < -0.3 is 4.52 Å². The van der Waals surface area contributed by atoms with Gasteiger partial charge in [-0.25, -0.2) is 8.42 Å². The molecule has 8 heteroatoms. The lowest BCUT2D eigenvalue weighted by molar-refractivity contribution is 0.163. The van der Waals surface area contributed by atoms with Crippen molar-refractivity contribution in [1.29, 1.82) is 0 Å². The first-order valence-electron chi connectivity index (χ1n) is 9.51. The van der Waals surface area contributed by atoms with Gasteiger partial charge in [0.1, 0.15) is 0 Å². The molecule has 0 bridgehead atoms. The van der Waals surface area contributed by atoms with Crippen molar-refractivity contribution in [3.05, 3.63) is 41.0 Å². The van der Waals surface area contributed by atoms with E-state index in [1.165, 1.54) is 0 Å².